The van der Waals surface area contributed by atoms with E-state index in [-0.39, 0.29) is 48.2 Å². The Labute approximate surface area is 478 Å². The van der Waals surface area contributed by atoms with Crippen molar-refractivity contribution in [2.45, 2.75) is 78.4 Å². The molecular weight excluding hydrogens is 1160 g/mol. The summed E-state index contributed by atoms with van der Waals surface area (Å²) < 4.78 is 69.8. The van der Waals surface area contributed by atoms with Crippen molar-refractivity contribution in [1.29, 1.82) is 0 Å². The first-order valence-electron chi connectivity index (χ1n) is 25.1. The number of esters is 2. The number of rotatable bonds is 17. The van der Waals surface area contributed by atoms with Crippen molar-refractivity contribution in [2.24, 2.45) is 0 Å². The van der Waals surface area contributed by atoms with Crippen LogP contribution >= 0.6 is 31.9 Å². The van der Waals surface area contributed by atoms with Crippen molar-refractivity contribution >= 4 is 61.3 Å². The topological polar surface area (TPSA) is 175 Å². The number of halogens is 5. The average molecular weight is 1220 g/mol. The fraction of sp³-hybridized carbons (Fsp3) is 0.246. The molecular formula is C61H58Br2F3N5O9. The van der Waals surface area contributed by atoms with Crippen LogP contribution in [0.4, 0.5) is 18.9 Å². The number of nitrogens with zero attached hydrogens (tertiary/aromatic N) is 3. The molecule has 0 bridgehead atoms. The minimum Gasteiger partial charge on any atom is -0.497 e. The van der Waals surface area contributed by atoms with E-state index in [4.69, 9.17) is 23.0 Å². The van der Waals surface area contributed by atoms with E-state index in [2.05, 4.69) is 52.5 Å². The number of carbonyl (C=O) groups excluding carboxylic acids is 4. The Balaban J connectivity index is 0.000000277. The van der Waals surface area contributed by atoms with Crippen molar-refractivity contribution in [3.63, 3.8) is 0 Å². The van der Waals surface area contributed by atoms with Crippen molar-refractivity contribution in [3.05, 3.63) is 189 Å². The molecule has 0 spiro atoms. The summed E-state index contributed by atoms with van der Waals surface area (Å²) in [6.07, 6.45) is -1.99. The van der Waals surface area contributed by atoms with Crippen LogP contribution in [0.5, 0.6) is 5.75 Å². The van der Waals surface area contributed by atoms with Crippen molar-refractivity contribution < 1.29 is 55.4 Å². The molecule has 0 unspecified atom stereocenters. The zero-order valence-corrected chi connectivity index (χ0v) is 48.0. The summed E-state index contributed by atoms with van der Waals surface area (Å²) in [4.78, 5) is 61.6. The number of aromatic nitrogens is 2. The van der Waals surface area contributed by atoms with Crippen LogP contribution in [0.3, 0.4) is 0 Å². The standard InChI is InChI=1S/C39H35BrF3N3O6.C22H23BrN2O3/c1-38(2,3)52-35(48)22-46(21-24-5-7-25(8-6-24)33-23-51-36(45-33)26-9-14-29(40)15-10-26)37(49)27-11-16-30(17-12-27)44-34(47)19-28-13-18-31(50-4)20-32(28)39(41,42)43;1-22(2,3)28-20(26)13-24-12-15-4-6-16(7-5-15)19-14-27-21(25-19)17-8-10-18(23)11-9-17/h5-18,20,23H,19,21-22H2,1-4H3,(H,44,47);4-11,14,24H,12-13H2,1-3H3. The second-order valence-electron chi connectivity index (χ2n) is 20.2. The Hall–Kier alpha value is -7.87. The summed E-state index contributed by atoms with van der Waals surface area (Å²) in [5, 5.41) is 5.67. The zero-order chi connectivity index (χ0) is 57.8. The van der Waals surface area contributed by atoms with Gasteiger partial charge in [0.2, 0.25) is 17.7 Å². The molecule has 0 saturated carbocycles. The molecule has 0 aliphatic carbocycles. The minimum atomic E-state index is -4.68. The van der Waals surface area contributed by atoms with Crippen LogP contribution in [-0.2, 0) is 49.5 Å². The average Bonchev–Trinajstić information content (AvgIpc) is 4.12. The van der Waals surface area contributed by atoms with E-state index in [1.165, 1.54) is 48.4 Å². The smallest absolute Gasteiger partial charge is 0.416 e. The van der Waals surface area contributed by atoms with E-state index in [0.717, 1.165) is 54.1 Å². The highest BCUT2D eigenvalue weighted by atomic mass is 79.9. The lowest BCUT2D eigenvalue weighted by Gasteiger charge is -2.25. The Kier molecular flexibility index (Phi) is 19.7. The fourth-order valence-corrected chi connectivity index (χ4v) is 8.36. The van der Waals surface area contributed by atoms with Crippen LogP contribution in [0.2, 0.25) is 0 Å². The second kappa shape index (κ2) is 26.4. The van der Waals surface area contributed by atoms with Gasteiger partial charge >= 0.3 is 18.1 Å². The SMILES string of the molecule is CC(C)(C)OC(=O)CNCc1ccc(-c2coc(-c3ccc(Br)cc3)n2)cc1.COc1ccc(CC(=O)Nc2ccc(C(=O)N(CC(=O)OC(C)(C)C)Cc3ccc(-c4coc(-c5ccc(Br)cc5)n4)cc3)cc2)c(C(F)(F)F)c1. The predicted molar refractivity (Wildman–Crippen MR) is 305 cm³/mol. The van der Waals surface area contributed by atoms with Crippen LogP contribution in [-0.4, -0.2) is 70.0 Å². The molecule has 0 fully saturated rings. The van der Waals surface area contributed by atoms with Crippen LogP contribution in [0.25, 0.3) is 45.4 Å². The van der Waals surface area contributed by atoms with Gasteiger partial charge in [-0.1, -0.05) is 86.5 Å². The Bertz CT molecular complexity index is 3390. The van der Waals surface area contributed by atoms with E-state index in [1.807, 2.05) is 118 Å². The number of oxazole rings is 2. The molecule has 8 aromatic rings. The van der Waals surface area contributed by atoms with Gasteiger partial charge in [0, 0.05) is 55.5 Å². The van der Waals surface area contributed by atoms with Crippen LogP contribution in [0, 0.1) is 0 Å². The molecule has 14 nitrogen and oxygen atoms in total. The van der Waals surface area contributed by atoms with E-state index in [1.54, 1.807) is 33.3 Å². The summed E-state index contributed by atoms with van der Waals surface area (Å²) in [7, 11) is 1.26. The van der Waals surface area contributed by atoms with E-state index in [0.29, 0.717) is 24.0 Å². The Morgan fingerprint density at radius 2 is 1.10 bits per heavy atom. The fourth-order valence-electron chi connectivity index (χ4n) is 7.83. The third kappa shape index (κ3) is 17.8. The van der Waals surface area contributed by atoms with Gasteiger partial charge in [0.05, 0.1) is 25.6 Å². The molecule has 2 heterocycles. The molecule has 2 amide bonds. The maximum absolute atomic E-state index is 13.7. The number of ether oxygens (including phenoxy) is 3. The molecule has 2 aromatic heterocycles. The number of carbonyl (C=O) groups is 4. The first-order valence-corrected chi connectivity index (χ1v) is 26.7. The minimum absolute atomic E-state index is 0.0208. The summed E-state index contributed by atoms with van der Waals surface area (Å²) in [5.74, 6) is -0.929. The molecule has 0 aliphatic rings. The molecule has 6 aromatic carbocycles. The van der Waals surface area contributed by atoms with Crippen LogP contribution in [0.15, 0.2) is 170 Å². The summed E-state index contributed by atoms with van der Waals surface area (Å²) in [5.41, 5.74) is 4.81. The third-order valence-electron chi connectivity index (χ3n) is 11.5. The van der Waals surface area contributed by atoms with Gasteiger partial charge in [-0.05, 0) is 143 Å². The third-order valence-corrected chi connectivity index (χ3v) is 12.6. The quantitative estimate of drug-likeness (QED) is 0.0827. The number of hydrogen-bond acceptors (Lipinski definition) is 12. The first-order chi connectivity index (χ1) is 37.9. The lowest BCUT2D eigenvalue weighted by molar-refractivity contribution is -0.156. The molecule has 2 N–H and O–H groups in total. The van der Waals surface area contributed by atoms with Gasteiger partial charge in [-0.3, -0.25) is 19.2 Å². The number of anilines is 1. The zero-order valence-electron chi connectivity index (χ0n) is 44.9. The van der Waals surface area contributed by atoms with Crippen LogP contribution < -0.4 is 15.4 Å². The maximum atomic E-state index is 13.7. The van der Waals surface area contributed by atoms with Crippen molar-refractivity contribution in [1.82, 2.24) is 20.2 Å². The highest BCUT2D eigenvalue weighted by molar-refractivity contribution is 9.10. The number of benzene rings is 6. The van der Waals surface area contributed by atoms with Gasteiger partial charge in [-0.25, -0.2) is 9.97 Å². The lowest BCUT2D eigenvalue weighted by atomic mass is 10.0. The van der Waals surface area contributed by atoms with Gasteiger partial charge in [-0.2, -0.15) is 13.2 Å². The number of alkyl halides is 3. The highest BCUT2D eigenvalue weighted by Crippen LogP contribution is 2.35. The molecule has 0 radical (unpaired) electrons. The summed E-state index contributed by atoms with van der Waals surface area (Å²) in [6.45, 7) is 11.3. The van der Waals surface area contributed by atoms with E-state index < -0.39 is 47.1 Å². The van der Waals surface area contributed by atoms with Gasteiger partial charge in [0.25, 0.3) is 5.91 Å². The van der Waals surface area contributed by atoms with Gasteiger partial charge in [-0.15, -0.1) is 0 Å². The molecule has 416 valence electrons. The molecule has 0 aliphatic heterocycles. The summed E-state index contributed by atoms with van der Waals surface area (Å²) in [6, 6.07) is 40.0. The maximum Gasteiger partial charge on any atom is 0.416 e. The molecule has 8 rings (SSSR count). The molecule has 0 atom stereocenters. The number of methoxy groups -OCH3 is 1. The molecule has 80 heavy (non-hydrogen) atoms. The van der Waals surface area contributed by atoms with Gasteiger partial charge < -0.3 is 38.6 Å². The largest absolute Gasteiger partial charge is 0.497 e. The number of nitrogens with one attached hydrogen (secondary N) is 2. The van der Waals surface area contributed by atoms with Gasteiger partial charge in [0.15, 0.2) is 0 Å². The second-order valence-corrected chi connectivity index (χ2v) is 22.1. The van der Waals surface area contributed by atoms with Crippen molar-refractivity contribution in [3.8, 4) is 51.2 Å². The van der Waals surface area contributed by atoms with E-state index >= 15 is 0 Å². The number of hydrogen-bond donors (Lipinski definition) is 2. The summed E-state index contributed by atoms with van der Waals surface area (Å²) >= 11 is 6.84. The van der Waals surface area contributed by atoms with Crippen LogP contribution in [0.1, 0.15) is 74.2 Å². The monoisotopic (exact) mass is 1220 g/mol. The Morgan fingerprint density at radius 3 is 1.59 bits per heavy atom. The lowest BCUT2D eigenvalue weighted by Crippen LogP contribution is -2.38. The molecule has 0 saturated heterocycles. The van der Waals surface area contributed by atoms with Gasteiger partial charge in [0.1, 0.15) is 47.4 Å². The Morgan fingerprint density at radius 1 is 0.613 bits per heavy atom. The normalized spacial score (nSPS) is 11.5. The number of amides is 2. The predicted octanol–water partition coefficient (Wildman–Crippen LogP) is 14.2. The first kappa shape index (κ1) is 59.8. The molecule has 19 heteroatoms. The highest BCUT2D eigenvalue weighted by Gasteiger charge is 2.34. The van der Waals surface area contributed by atoms with Crippen molar-refractivity contribution in [2.75, 3.05) is 25.5 Å². The van der Waals surface area contributed by atoms with E-state index in [9.17, 15) is 32.3 Å².